The van der Waals surface area contributed by atoms with E-state index in [2.05, 4.69) is 38.7 Å². The number of hydrogen-bond acceptors (Lipinski definition) is 4. The van der Waals surface area contributed by atoms with Gasteiger partial charge in [-0.15, -0.1) is 0 Å². The van der Waals surface area contributed by atoms with Gasteiger partial charge in [0.2, 0.25) is 5.91 Å². The summed E-state index contributed by atoms with van der Waals surface area (Å²) in [4.78, 5) is 36.8. The van der Waals surface area contributed by atoms with E-state index in [4.69, 9.17) is 4.74 Å². The van der Waals surface area contributed by atoms with Gasteiger partial charge in [0.1, 0.15) is 12.6 Å². The number of carbonyl (C=O) groups is 3. The molecule has 0 bridgehead atoms. The zero-order chi connectivity index (χ0) is 24.2. The van der Waals surface area contributed by atoms with Crippen LogP contribution in [0.3, 0.4) is 0 Å². The number of benzene rings is 3. The van der Waals surface area contributed by atoms with Gasteiger partial charge in [-0.2, -0.15) is 0 Å². The van der Waals surface area contributed by atoms with Gasteiger partial charge in [-0.25, -0.2) is 9.59 Å². The maximum absolute atomic E-state index is 12.8. The Balaban J connectivity index is 1.41. The topological polar surface area (TPSA) is 105 Å². The summed E-state index contributed by atoms with van der Waals surface area (Å²) < 4.78 is 6.14. The lowest BCUT2D eigenvalue weighted by atomic mass is 9.98. The Morgan fingerprint density at radius 2 is 1.62 bits per heavy atom. The molecular formula is C26H23BrN2O5. The Labute approximate surface area is 205 Å². The summed E-state index contributed by atoms with van der Waals surface area (Å²) in [5.74, 6) is -1.79. The van der Waals surface area contributed by atoms with Crippen molar-refractivity contribution in [3.05, 3.63) is 87.9 Å². The summed E-state index contributed by atoms with van der Waals surface area (Å²) in [6.07, 6.45) is -0.413. The summed E-state index contributed by atoms with van der Waals surface area (Å²) in [5, 5.41) is 14.5. The van der Waals surface area contributed by atoms with Gasteiger partial charge in [0.05, 0.1) is 11.3 Å². The molecule has 3 N–H and O–H groups in total. The van der Waals surface area contributed by atoms with Crippen LogP contribution in [0.5, 0.6) is 0 Å². The predicted octanol–water partition coefficient (Wildman–Crippen LogP) is 5.40. The van der Waals surface area contributed by atoms with Gasteiger partial charge < -0.3 is 20.5 Å². The average molecular weight is 523 g/mol. The molecule has 1 atom stereocenters. The van der Waals surface area contributed by atoms with Gasteiger partial charge in [-0.05, 0) is 46.9 Å². The van der Waals surface area contributed by atoms with E-state index in [1.54, 1.807) is 13.0 Å². The van der Waals surface area contributed by atoms with Crippen LogP contribution in [-0.2, 0) is 9.53 Å². The third-order valence-corrected chi connectivity index (χ3v) is 6.32. The van der Waals surface area contributed by atoms with Gasteiger partial charge in [0.25, 0.3) is 0 Å². The zero-order valence-corrected chi connectivity index (χ0v) is 20.0. The fourth-order valence-electron chi connectivity index (χ4n) is 4.16. The first-order valence-corrected chi connectivity index (χ1v) is 11.6. The lowest BCUT2D eigenvalue weighted by molar-refractivity contribution is -0.118. The molecule has 34 heavy (non-hydrogen) atoms. The number of alkyl carbamates (subject to hydrolysis) is 1. The molecule has 3 aromatic carbocycles. The second kappa shape index (κ2) is 10.1. The summed E-state index contributed by atoms with van der Waals surface area (Å²) >= 11 is 3.27. The van der Waals surface area contributed by atoms with Crippen molar-refractivity contribution in [1.82, 2.24) is 5.32 Å². The number of aromatic carboxylic acids is 1. The molecule has 2 amide bonds. The molecule has 0 saturated carbocycles. The van der Waals surface area contributed by atoms with Crippen molar-refractivity contribution in [1.29, 1.82) is 0 Å². The van der Waals surface area contributed by atoms with Gasteiger partial charge >= 0.3 is 12.1 Å². The molecule has 8 heteroatoms. The van der Waals surface area contributed by atoms with E-state index < -0.39 is 24.0 Å². The average Bonchev–Trinajstić information content (AvgIpc) is 3.14. The van der Waals surface area contributed by atoms with Crippen LogP contribution in [0, 0.1) is 0 Å². The van der Waals surface area contributed by atoms with Crippen molar-refractivity contribution in [2.75, 3.05) is 11.9 Å². The van der Waals surface area contributed by atoms with E-state index in [-0.39, 0.29) is 23.8 Å². The van der Waals surface area contributed by atoms with E-state index in [0.29, 0.717) is 10.9 Å². The smallest absolute Gasteiger partial charge is 0.407 e. The Bertz CT molecular complexity index is 1210. The monoisotopic (exact) mass is 522 g/mol. The number of halogens is 1. The van der Waals surface area contributed by atoms with E-state index in [0.717, 1.165) is 22.3 Å². The minimum Gasteiger partial charge on any atom is -0.478 e. The molecule has 174 valence electrons. The number of carboxylic acid groups (broad SMARTS) is 1. The molecule has 1 unspecified atom stereocenters. The molecule has 7 nitrogen and oxygen atoms in total. The number of carboxylic acids is 1. The number of carbonyl (C=O) groups excluding carboxylic acids is 2. The van der Waals surface area contributed by atoms with Crippen LogP contribution in [0.15, 0.2) is 71.2 Å². The first kappa shape index (κ1) is 23.5. The highest BCUT2D eigenvalue weighted by Crippen LogP contribution is 2.44. The van der Waals surface area contributed by atoms with Crippen LogP contribution in [0.1, 0.15) is 40.7 Å². The molecule has 1 aliphatic carbocycles. The minimum atomic E-state index is -1.17. The second-order valence-corrected chi connectivity index (χ2v) is 8.83. The standard InChI is InChI=1S/C26H23BrN2O5/c1-2-22(24(30)28-23-13-15(27)11-12-20(23)25(31)32)29-26(33)34-14-21-18-9-5-3-7-16(18)17-8-4-6-10-19(17)21/h3-13,21-22H,2,14H2,1H3,(H,28,30)(H,29,33)(H,31,32). The number of rotatable bonds is 7. The van der Waals surface area contributed by atoms with Crippen molar-refractivity contribution < 1.29 is 24.2 Å². The molecule has 0 fully saturated rings. The molecule has 0 heterocycles. The highest BCUT2D eigenvalue weighted by molar-refractivity contribution is 9.10. The van der Waals surface area contributed by atoms with Crippen molar-refractivity contribution in [2.45, 2.75) is 25.3 Å². The zero-order valence-electron chi connectivity index (χ0n) is 18.4. The third-order valence-electron chi connectivity index (χ3n) is 5.83. The Hall–Kier alpha value is -3.65. The van der Waals surface area contributed by atoms with Crippen molar-refractivity contribution in [2.24, 2.45) is 0 Å². The SMILES string of the molecule is CCC(NC(=O)OCC1c2ccccc2-c2ccccc21)C(=O)Nc1cc(Br)ccc1C(=O)O. The summed E-state index contributed by atoms with van der Waals surface area (Å²) in [7, 11) is 0. The van der Waals surface area contributed by atoms with Crippen molar-refractivity contribution >= 4 is 39.6 Å². The largest absolute Gasteiger partial charge is 0.478 e. The van der Waals surface area contributed by atoms with Crippen molar-refractivity contribution in [3.63, 3.8) is 0 Å². The Kier molecular flexibility index (Phi) is 6.98. The molecule has 0 aromatic heterocycles. The summed E-state index contributed by atoms with van der Waals surface area (Å²) in [6.45, 7) is 1.87. The number of nitrogens with one attached hydrogen (secondary N) is 2. The molecule has 0 radical (unpaired) electrons. The maximum atomic E-state index is 12.8. The summed E-state index contributed by atoms with van der Waals surface area (Å²) in [5.41, 5.74) is 4.53. The molecule has 0 spiro atoms. The minimum absolute atomic E-state index is 0.0486. The van der Waals surface area contributed by atoms with E-state index >= 15 is 0 Å². The van der Waals surface area contributed by atoms with E-state index in [1.807, 2.05) is 36.4 Å². The predicted molar refractivity (Wildman–Crippen MR) is 132 cm³/mol. The van der Waals surface area contributed by atoms with Gasteiger partial charge in [0.15, 0.2) is 0 Å². The molecule has 0 saturated heterocycles. The number of anilines is 1. The molecule has 1 aliphatic rings. The first-order valence-electron chi connectivity index (χ1n) is 10.8. The quantitative estimate of drug-likeness (QED) is 0.385. The van der Waals surface area contributed by atoms with Crippen molar-refractivity contribution in [3.8, 4) is 11.1 Å². The van der Waals surface area contributed by atoms with Gasteiger partial charge in [-0.3, -0.25) is 4.79 Å². The fraction of sp³-hybridized carbons (Fsp3) is 0.192. The van der Waals surface area contributed by atoms with Crippen LogP contribution in [0.4, 0.5) is 10.5 Å². The normalized spacial score (nSPS) is 12.9. The Morgan fingerprint density at radius 1 is 1.00 bits per heavy atom. The van der Waals surface area contributed by atoms with Crippen LogP contribution >= 0.6 is 15.9 Å². The van der Waals surface area contributed by atoms with Crippen LogP contribution in [0.25, 0.3) is 11.1 Å². The molecule has 3 aromatic rings. The highest BCUT2D eigenvalue weighted by atomic mass is 79.9. The number of ether oxygens (including phenoxy) is 1. The van der Waals surface area contributed by atoms with E-state index in [1.165, 1.54) is 12.1 Å². The molecule has 4 rings (SSSR count). The third kappa shape index (κ3) is 4.82. The van der Waals surface area contributed by atoms with Gasteiger partial charge in [0, 0.05) is 10.4 Å². The fourth-order valence-corrected chi connectivity index (χ4v) is 4.52. The highest BCUT2D eigenvalue weighted by Gasteiger charge is 2.29. The van der Waals surface area contributed by atoms with E-state index in [9.17, 15) is 19.5 Å². The number of amides is 2. The summed E-state index contributed by atoms with van der Waals surface area (Å²) in [6, 6.07) is 19.6. The second-order valence-electron chi connectivity index (χ2n) is 7.92. The maximum Gasteiger partial charge on any atom is 0.407 e. The van der Waals surface area contributed by atoms with Crippen LogP contribution in [0.2, 0.25) is 0 Å². The molecular weight excluding hydrogens is 500 g/mol. The lowest BCUT2D eigenvalue weighted by Gasteiger charge is -2.19. The number of fused-ring (bicyclic) bond motifs is 3. The first-order chi connectivity index (χ1) is 16.4. The number of hydrogen-bond donors (Lipinski definition) is 3. The molecule has 0 aliphatic heterocycles. The Morgan fingerprint density at radius 3 is 2.21 bits per heavy atom. The van der Waals surface area contributed by atoms with Gasteiger partial charge in [-0.1, -0.05) is 71.4 Å². The lowest BCUT2D eigenvalue weighted by Crippen LogP contribution is -2.44. The van der Waals surface area contributed by atoms with Crippen LogP contribution < -0.4 is 10.6 Å². The van der Waals surface area contributed by atoms with Crippen LogP contribution in [-0.4, -0.2) is 35.7 Å².